The maximum Gasteiger partial charge on any atom is 0.0226 e. The SMILES string of the molecule is CCC(CCCl)CNCc1ccccc1C. The van der Waals surface area contributed by atoms with Crippen LogP contribution in [0.15, 0.2) is 24.3 Å². The Morgan fingerprint density at radius 1 is 1.31 bits per heavy atom. The molecule has 1 aromatic carbocycles. The van der Waals surface area contributed by atoms with E-state index in [0.717, 1.165) is 25.4 Å². The minimum atomic E-state index is 0.710. The van der Waals surface area contributed by atoms with Crippen molar-refractivity contribution in [1.29, 1.82) is 0 Å². The van der Waals surface area contributed by atoms with Crippen molar-refractivity contribution < 1.29 is 0 Å². The van der Waals surface area contributed by atoms with Gasteiger partial charge in [0.25, 0.3) is 0 Å². The summed E-state index contributed by atoms with van der Waals surface area (Å²) in [7, 11) is 0. The van der Waals surface area contributed by atoms with Gasteiger partial charge in [0.15, 0.2) is 0 Å². The third kappa shape index (κ3) is 4.54. The summed E-state index contributed by atoms with van der Waals surface area (Å²) in [5.41, 5.74) is 2.75. The van der Waals surface area contributed by atoms with Crippen LogP contribution in [0.5, 0.6) is 0 Å². The molecule has 90 valence electrons. The van der Waals surface area contributed by atoms with Gasteiger partial charge in [0.1, 0.15) is 0 Å². The molecule has 0 aromatic heterocycles. The predicted molar refractivity (Wildman–Crippen MR) is 72.0 cm³/mol. The lowest BCUT2D eigenvalue weighted by atomic mass is 10.0. The van der Waals surface area contributed by atoms with Crippen LogP contribution in [0, 0.1) is 12.8 Å². The summed E-state index contributed by atoms with van der Waals surface area (Å²) >= 11 is 5.77. The van der Waals surface area contributed by atoms with E-state index < -0.39 is 0 Å². The number of hydrogen-bond donors (Lipinski definition) is 1. The second-order valence-electron chi connectivity index (χ2n) is 4.31. The number of rotatable bonds is 7. The monoisotopic (exact) mass is 239 g/mol. The Morgan fingerprint density at radius 2 is 2.06 bits per heavy atom. The molecule has 0 aliphatic rings. The number of halogens is 1. The van der Waals surface area contributed by atoms with Crippen LogP contribution in [0.4, 0.5) is 0 Å². The molecular formula is C14H22ClN. The summed E-state index contributed by atoms with van der Waals surface area (Å²) in [4.78, 5) is 0. The normalized spacial score (nSPS) is 12.7. The molecule has 1 rings (SSSR count). The number of hydrogen-bond acceptors (Lipinski definition) is 1. The van der Waals surface area contributed by atoms with Gasteiger partial charge in [-0.1, -0.05) is 37.6 Å². The highest BCUT2D eigenvalue weighted by atomic mass is 35.5. The summed E-state index contributed by atoms with van der Waals surface area (Å²) in [6.07, 6.45) is 2.31. The molecule has 1 atom stereocenters. The Morgan fingerprint density at radius 3 is 2.69 bits per heavy atom. The molecule has 0 spiro atoms. The highest BCUT2D eigenvalue weighted by Gasteiger charge is 2.05. The van der Waals surface area contributed by atoms with Crippen LogP contribution in [0.1, 0.15) is 30.9 Å². The molecule has 0 fully saturated rings. The van der Waals surface area contributed by atoms with Gasteiger partial charge in [-0.2, -0.15) is 0 Å². The third-order valence-electron chi connectivity index (χ3n) is 3.10. The minimum absolute atomic E-state index is 0.710. The summed E-state index contributed by atoms with van der Waals surface area (Å²) in [6.45, 7) is 6.42. The van der Waals surface area contributed by atoms with E-state index >= 15 is 0 Å². The lowest BCUT2D eigenvalue weighted by Crippen LogP contribution is -2.22. The molecule has 0 radical (unpaired) electrons. The number of alkyl halides is 1. The molecule has 1 nitrogen and oxygen atoms in total. The molecule has 16 heavy (non-hydrogen) atoms. The van der Waals surface area contributed by atoms with E-state index in [1.165, 1.54) is 17.5 Å². The van der Waals surface area contributed by atoms with Gasteiger partial charge in [0, 0.05) is 12.4 Å². The fraction of sp³-hybridized carbons (Fsp3) is 0.571. The van der Waals surface area contributed by atoms with Crippen molar-refractivity contribution in [3.05, 3.63) is 35.4 Å². The molecule has 1 aromatic rings. The molecule has 1 unspecified atom stereocenters. The largest absolute Gasteiger partial charge is 0.312 e. The third-order valence-corrected chi connectivity index (χ3v) is 3.32. The Hall–Kier alpha value is -0.530. The quantitative estimate of drug-likeness (QED) is 0.715. The van der Waals surface area contributed by atoms with E-state index in [-0.39, 0.29) is 0 Å². The Bertz CT molecular complexity index is 299. The maximum atomic E-state index is 5.77. The first kappa shape index (κ1) is 13.5. The second-order valence-corrected chi connectivity index (χ2v) is 4.69. The van der Waals surface area contributed by atoms with Crippen molar-refractivity contribution >= 4 is 11.6 Å². The standard InChI is InChI=1S/C14H22ClN/c1-3-13(8-9-15)10-16-11-14-7-5-4-6-12(14)2/h4-7,13,16H,3,8-11H2,1-2H3. The lowest BCUT2D eigenvalue weighted by molar-refractivity contribution is 0.451. The molecule has 1 N–H and O–H groups in total. The van der Waals surface area contributed by atoms with Crippen LogP contribution < -0.4 is 5.32 Å². The summed E-state index contributed by atoms with van der Waals surface area (Å²) in [6, 6.07) is 8.53. The van der Waals surface area contributed by atoms with Crippen molar-refractivity contribution in [3.8, 4) is 0 Å². The van der Waals surface area contributed by atoms with Gasteiger partial charge in [0.05, 0.1) is 0 Å². The Labute approximate surface area is 104 Å². The average molecular weight is 240 g/mol. The number of nitrogens with one attached hydrogen (secondary N) is 1. The Balaban J connectivity index is 2.32. The molecular weight excluding hydrogens is 218 g/mol. The van der Waals surface area contributed by atoms with Gasteiger partial charge in [-0.05, 0) is 36.9 Å². The molecule has 0 saturated carbocycles. The first-order valence-electron chi connectivity index (χ1n) is 6.09. The molecule has 0 bridgehead atoms. The van der Waals surface area contributed by atoms with Crippen LogP contribution in [0.3, 0.4) is 0 Å². The van der Waals surface area contributed by atoms with E-state index in [9.17, 15) is 0 Å². The van der Waals surface area contributed by atoms with Crippen LogP contribution in [0.25, 0.3) is 0 Å². The van der Waals surface area contributed by atoms with Crippen molar-refractivity contribution in [2.75, 3.05) is 12.4 Å². The van der Waals surface area contributed by atoms with Crippen molar-refractivity contribution in [3.63, 3.8) is 0 Å². The first-order valence-corrected chi connectivity index (χ1v) is 6.62. The smallest absolute Gasteiger partial charge is 0.0226 e. The van der Waals surface area contributed by atoms with E-state index in [2.05, 4.69) is 43.4 Å². The van der Waals surface area contributed by atoms with E-state index in [1.807, 2.05) is 0 Å². The van der Waals surface area contributed by atoms with Gasteiger partial charge in [-0.25, -0.2) is 0 Å². The van der Waals surface area contributed by atoms with Crippen LogP contribution in [-0.4, -0.2) is 12.4 Å². The van der Waals surface area contributed by atoms with Crippen molar-refractivity contribution in [1.82, 2.24) is 5.32 Å². The van der Waals surface area contributed by atoms with E-state index in [1.54, 1.807) is 0 Å². The lowest BCUT2D eigenvalue weighted by Gasteiger charge is -2.14. The van der Waals surface area contributed by atoms with Gasteiger partial charge >= 0.3 is 0 Å². The topological polar surface area (TPSA) is 12.0 Å². The van der Waals surface area contributed by atoms with Gasteiger partial charge in [0.2, 0.25) is 0 Å². The molecule has 0 aliphatic carbocycles. The van der Waals surface area contributed by atoms with E-state index in [0.29, 0.717) is 5.92 Å². The maximum absolute atomic E-state index is 5.77. The summed E-state index contributed by atoms with van der Waals surface area (Å²) in [5, 5.41) is 3.52. The zero-order valence-corrected chi connectivity index (χ0v) is 11.1. The van der Waals surface area contributed by atoms with Crippen molar-refractivity contribution in [2.45, 2.75) is 33.2 Å². The zero-order chi connectivity index (χ0) is 11.8. The number of benzene rings is 1. The van der Waals surface area contributed by atoms with E-state index in [4.69, 9.17) is 11.6 Å². The van der Waals surface area contributed by atoms with Gasteiger partial charge < -0.3 is 5.32 Å². The average Bonchev–Trinajstić information content (AvgIpc) is 2.30. The zero-order valence-electron chi connectivity index (χ0n) is 10.3. The number of aryl methyl sites for hydroxylation is 1. The fourth-order valence-electron chi connectivity index (χ4n) is 1.82. The van der Waals surface area contributed by atoms with Gasteiger partial charge in [-0.3, -0.25) is 0 Å². The molecule has 0 amide bonds. The minimum Gasteiger partial charge on any atom is -0.312 e. The van der Waals surface area contributed by atoms with Crippen LogP contribution in [-0.2, 0) is 6.54 Å². The van der Waals surface area contributed by atoms with Gasteiger partial charge in [-0.15, -0.1) is 11.6 Å². The molecule has 0 aliphatic heterocycles. The van der Waals surface area contributed by atoms with Crippen LogP contribution in [0.2, 0.25) is 0 Å². The second kappa shape index (κ2) is 7.70. The summed E-state index contributed by atoms with van der Waals surface area (Å²) < 4.78 is 0. The Kier molecular flexibility index (Phi) is 6.51. The first-order chi connectivity index (χ1) is 7.77. The highest BCUT2D eigenvalue weighted by molar-refractivity contribution is 6.17. The van der Waals surface area contributed by atoms with Crippen molar-refractivity contribution in [2.24, 2.45) is 5.92 Å². The molecule has 2 heteroatoms. The summed E-state index contributed by atoms with van der Waals surface area (Å²) in [5.74, 6) is 1.48. The molecule has 0 saturated heterocycles. The van der Waals surface area contributed by atoms with Crippen LogP contribution >= 0.6 is 11.6 Å². The highest BCUT2D eigenvalue weighted by Crippen LogP contribution is 2.09. The predicted octanol–water partition coefficient (Wildman–Crippen LogP) is 3.74. The fourth-order valence-corrected chi connectivity index (χ4v) is 2.13. The molecule has 0 heterocycles.